The smallest absolute Gasteiger partial charge is 0.254 e. The highest BCUT2D eigenvalue weighted by Crippen LogP contribution is 2.30. The molecule has 0 aliphatic heterocycles. The maximum absolute atomic E-state index is 13.8. The van der Waals surface area contributed by atoms with E-state index >= 15 is 0 Å². The van der Waals surface area contributed by atoms with Crippen LogP contribution in [0.15, 0.2) is 72.9 Å². The zero-order chi connectivity index (χ0) is 24.2. The van der Waals surface area contributed by atoms with Crippen molar-refractivity contribution in [2.75, 3.05) is 6.54 Å². The lowest BCUT2D eigenvalue weighted by molar-refractivity contribution is -0.133. The van der Waals surface area contributed by atoms with E-state index in [2.05, 4.69) is 22.8 Å². The molecule has 0 radical (unpaired) electrons. The zero-order valence-electron chi connectivity index (χ0n) is 20.6. The molecule has 0 unspecified atom stereocenters. The van der Waals surface area contributed by atoms with Gasteiger partial charge in [-0.3, -0.25) is 9.59 Å². The summed E-state index contributed by atoms with van der Waals surface area (Å²) < 4.78 is 2.07. The first-order chi connectivity index (χ1) is 17.1. The predicted octanol–water partition coefficient (Wildman–Crippen LogP) is 5.66. The predicted molar refractivity (Wildman–Crippen MR) is 139 cm³/mol. The van der Waals surface area contributed by atoms with Crippen LogP contribution in [0.2, 0.25) is 0 Å². The van der Waals surface area contributed by atoms with Crippen molar-refractivity contribution < 1.29 is 9.59 Å². The van der Waals surface area contributed by atoms with E-state index in [0.717, 1.165) is 55.3 Å². The molecule has 5 heteroatoms. The van der Waals surface area contributed by atoms with Gasteiger partial charge in [-0.25, -0.2) is 0 Å². The van der Waals surface area contributed by atoms with Gasteiger partial charge in [0, 0.05) is 36.6 Å². The van der Waals surface area contributed by atoms with Crippen LogP contribution in [0.3, 0.4) is 0 Å². The van der Waals surface area contributed by atoms with Gasteiger partial charge in [0.25, 0.3) is 5.91 Å². The Kier molecular flexibility index (Phi) is 7.03. The van der Waals surface area contributed by atoms with Crippen molar-refractivity contribution in [3.8, 4) is 11.1 Å². The van der Waals surface area contributed by atoms with Crippen molar-refractivity contribution in [1.82, 2.24) is 14.4 Å². The largest absolute Gasteiger partial charge is 0.353 e. The normalized spacial score (nSPS) is 16.1. The Bertz CT molecular complexity index is 1140. The molecule has 2 fully saturated rings. The molecule has 1 aromatic heterocycles. The van der Waals surface area contributed by atoms with E-state index in [-0.39, 0.29) is 24.4 Å². The highest BCUT2D eigenvalue weighted by molar-refractivity contribution is 5.97. The number of hydrogen-bond acceptors (Lipinski definition) is 2. The molecule has 2 aliphatic carbocycles. The first kappa shape index (κ1) is 23.4. The summed E-state index contributed by atoms with van der Waals surface area (Å²) in [7, 11) is 2.02. The van der Waals surface area contributed by atoms with Crippen LogP contribution in [0, 0.1) is 0 Å². The first-order valence-electron chi connectivity index (χ1n) is 13.0. The van der Waals surface area contributed by atoms with Crippen molar-refractivity contribution in [2.45, 2.75) is 63.6 Å². The summed E-state index contributed by atoms with van der Waals surface area (Å²) in [5, 5.41) is 0. The fraction of sp³-hybridized carbons (Fsp3) is 0.400. The van der Waals surface area contributed by atoms with Gasteiger partial charge >= 0.3 is 0 Å². The fourth-order valence-corrected chi connectivity index (χ4v) is 5.24. The molecule has 0 spiro atoms. The monoisotopic (exact) mass is 469 g/mol. The van der Waals surface area contributed by atoms with Crippen LogP contribution in [0.25, 0.3) is 11.1 Å². The molecule has 35 heavy (non-hydrogen) atoms. The molecule has 0 saturated heterocycles. The van der Waals surface area contributed by atoms with Gasteiger partial charge < -0.3 is 14.4 Å². The van der Waals surface area contributed by atoms with Gasteiger partial charge in [-0.1, -0.05) is 61.7 Å². The minimum Gasteiger partial charge on any atom is -0.353 e. The number of carbonyl (C=O) groups is 2. The van der Waals surface area contributed by atoms with Gasteiger partial charge in [0.1, 0.15) is 6.54 Å². The van der Waals surface area contributed by atoms with Crippen LogP contribution in [0.5, 0.6) is 0 Å². The number of rotatable bonds is 8. The summed E-state index contributed by atoms with van der Waals surface area (Å²) in [6.45, 7) is 0.760. The van der Waals surface area contributed by atoms with E-state index in [4.69, 9.17) is 0 Å². The number of amides is 2. The van der Waals surface area contributed by atoms with Gasteiger partial charge in [0.15, 0.2) is 0 Å². The highest BCUT2D eigenvalue weighted by Gasteiger charge is 2.36. The molecule has 5 nitrogen and oxygen atoms in total. The molecule has 1 heterocycles. The van der Waals surface area contributed by atoms with Crippen molar-refractivity contribution >= 4 is 11.8 Å². The molecule has 0 N–H and O–H groups in total. The standard InChI is InChI=1S/C30H35N3O2/c1-31-20-8-13-28(31)21-32(27-18-19-27)29(34)22-33(26-11-6-3-7-12-26)30(35)25-16-14-24(15-17-25)23-9-4-2-5-10-23/h2,4-5,8-10,13-17,20,26-27H,3,6-7,11-12,18-19,21-22H2,1H3. The number of aryl methyl sites for hydroxylation is 1. The lowest BCUT2D eigenvalue weighted by Gasteiger charge is -2.35. The molecule has 0 atom stereocenters. The summed E-state index contributed by atoms with van der Waals surface area (Å²) in [6, 6.07) is 22.5. The number of benzene rings is 2. The van der Waals surface area contributed by atoms with E-state index in [0.29, 0.717) is 18.2 Å². The van der Waals surface area contributed by atoms with Crippen LogP contribution in [0.1, 0.15) is 61.0 Å². The van der Waals surface area contributed by atoms with Crippen molar-refractivity contribution in [3.05, 3.63) is 84.2 Å². The number of carbonyl (C=O) groups excluding carboxylic acids is 2. The van der Waals surface area contributed by atoms with E-state index in [9.17, 15) is 9.59 Å². The number of aromatic nitrogens is 1. The van der Waals surface area contributed by atoms with Crippen molar-refractivity contribution in [3.63, 3.8) is 0 Å². The summed E-state index contributed by atoms with van der Waals surface area (Å²) in [6.07, 6.45) is 9.51. The van der Waals surface area contributed by atoms with Crippen LogP contribution >= 0.6 is 0 Å². The Labute approximate surface area is 208 Å². The molecule has 2 aliphatic rings. The molecule has 2 amide bonds. The van der Waals surface area contributed by atoms with Crippen molar-refractivity contribution in [2.24, 2.45) is 7.05 Å². The third-order valence-electron chi connectivity index (χ3n) is 7.51. The summed E-state index contributed by atoms with van der Waals surface area (Å²) >= 11 is 0. The third kappa shape index (κ3) is 5.50. The highest BCUT2D eigenvalue weighted by atomic mass is 16.2. The second kappa shape index (κ2) is 10.5. The zero-order valence-corrected chi connectivity index (χ0v) is 20.6. The van der Waals surface area contributed by atoms with E-state index in [1.807, 2.05) is 71.6 Å². The van der Waals surface area contributed by atoms with Crippen LogP contribution in [0.4, 0.5) is 0 Å². The maximum Gasteiger partial charge on any atom is 0.254 e. The first-order valence-corrected chi connectivity index (χ1v) is 13.0. The molecular weight excluding hydrogens is 434 g/mol. The molecule has 182 valence electrons. The van der Waals surface area contributed by atoms with E-state index in [1.165, 1.54) is 6.42 Å². The summed E-state index contributed by atoms with van der Waals surface area (Å²) in [5.74, 6) is 0.0352. The Morgan fingerprint density at radius 2 is 1.43 bits per heavy atom. The average molecular weight is 470 g/mol. The van der Waals surface area contributed by atoms with Crippen LogP contribution in [-0.2, 0) is 18.4 Å². The van der Waals surface area contributed by atoms with E-state index < -0.39 is 0 Å². The fourth-order valence-electron chi connectivity index (χ4n) is 5.24. The summed E-state index contributed by atoms with van der Waals surface area (Å²) in [4.78, 5) is 31.2. The average Bonchev–Trinajstić information content (AvgIpc) is 3.67. The maximum atomic E-state index is 13.8. The SMILES string of the molecule is Cn1cccc1CN(C(=O)CN(C(=O)c1ccc(-c2ccccc2)cc1)C1CCCCC1)C1CC1. The minimum atomic E-state index is -0.0283. The second-order valence-corrected chi connectivity index (χ2v) is 10.0. The van der Waals surface area contributed by atoms with Gasteiger partial charge in [-0.15, -0.1) is 0 Å². The Morgan fingerprint density at radius 1 is 0.771 bits per heavy atom. The Hall–Kier alpha value is -3.34. The molecular formula is C30H35N3O2. The lowest BCUT2D eigenvalue weighted by atomic mass is 9.93. The number of hydrogen-bond donors (Lipinski definition) is 0. The van der Waals surface area contributed by atoms with Crippen molar-refractivity contribution in [1.29, 1.82) is 0 Å². The molecule has 2 saturated carbocycles. The van der Waals surface area contributed by atoms with Gasteiger partial charge in [-0.2, -0.15) is 0 Å². The van der Waals surface area contributed by atoms with Gasteiger partial charge in [0.2, 0.25) is 5.91 Å². The number of nitrogens with zero attached hydrogens (tertiary/aromatic N) is 3. The molecule has 5 rings (SSSR count). The van der Waals surface area contributed by atoms with Crippen LogP contribution in [-0.4, -0.2) is 44.8 Å². The molecule has 2 aromatic carbocycles. The second-order valence-electron chi connectivity index (χ2n) is 10.0. The molecule has 3 aromatic rings. The Balaban J connectivity index is 1.35. The van der Waals surface area contributed by atoms with E-state index in [1.54, 1.807) is 0 Å². The Morgan fingerprint density at radius 3 is 2.06 bits per heavy atom. The van der Waals surface area contributed by atoms with Crippen LogP contribution < -0.4 is 0 Å². The minimum absolute atomic E-state index is 0.0283. The van der Waals surface area contributed by atoms with Gasteiger partial charge in [0.05, 0.1) is 6.54 Å². The van der Waals surface area contributed by atoms with Gasteiger partial charge in [-0.05, 0) is 61.1 Å². The summed E-state index contributed by atoms with van der Waals surface area (Å²) in [5.41, 5.74) is 4.00. The molecule has 0 bridgehead atoms. The quantitative estimate of drug-likeness (QED) is 0.427. The lowest BCUT2D eigenvalue weighted by Crippen LogP contribution is -2.48. The third-order valence-corrected chi connectivity index (χ3v) is 7.51. The topological polar surface area (TPSA) is 45.6 Å².